The smallest absolute Gasteiger partial charge is 0.339 e. The number of aromatic nitrogens is 4. The summed E-state index contributed by atoms with van der Waals surface area (Å²) >= 11 is 3.36. The zero-order chi connectivity index (χ0) is 14.8. The SMILES string of the molecule is O=C(O)c1cn(-c2ccc(Br)cc2)nc1-c1cnccn1. The lowest BCUT2D eigenvalue weighted by Gasteiger charge is -2.00. The fourth-order valence-electron chi connectivity index (χ4n) is 1.87. The Morgan fingerprint density at radius 3 is 2.57 bits per heavy atom. The summed E-state index contributed by atoms with van der Waals surface area (Å²) < 4.78 is 2.45. The summed E-state index contributed by atoms with van der Waals surface area (Å²) in [6, 6.07) is 7.39. The molecule has 0 fully saturated rings. The molecule has 0 bridgehead atoms. The molecular formula is C14H9BrN4O2. The second-order valence-corrected chi connectivity index (χ2v) is 5.12. The van der Waals surface area contributed by atoms with Crippen molar-refractivity contribution in [3.63, 3.8) is 0 Å². The van der Waals surface area contributed by atoms with Gasteiger partial charge in [0.25, 0.3) is 0 Å². The van der Waals surface area contributed by atoms with E-state index in [2.05, 4.69) is 31.0 Å². The highest BCUT2D eigenvalue weighted by Gasteiger charge is 2.18. The maximum absolute atomic E-state index is 11.4. The van der Waals surface area contributed by atoms with E-state index in [1.165, 1.54) is 29.5 Å². The van der Waals surface area contributed by atoms with Gasteiger partial charge in [0.1, 0.15) is 17.0 Å². The zero-order valence-corrected chi connectivity index (χ0v) is 12.2. The molecular weight excluding hydrogens is 336 g/mol. The van der Waals surface area contributed by atoms with Crippen LogP contribution in [0, 0.1) is 0 Å². The molecule has 0 aliphatic rings. The van der Waals surface area contributed by atoms with Crippen LogP contribution < -0.4 is 0 Å². The molecule has 0 unspecified atom stereocenters. The molecule has 3 aromatic rings. The van der Waals surface area contributed by atoms with Gasteiger partial charge in [-0.1, -0.05) is 15.9 Å². The summed E-state index contributed by atoms with van der Waals surface area (Å²) in [6.45, 7) is 0. The van der Waals surface area contributed by atoms with Gasteiger partial charge < -0.3 is 5.11 Å². The number of benzene rings is 1. The molecule has 2 aromatic heterocycles. The first-order chi connectivity index (χ1) is 10.1. The third kappa shape index (κ3) is 2.68. The van der Waals surface area contributed by atoms with E-state index < -0.39 is 5.97 Å². The Labute approximate surface area is 128 Å². The largest absolute Gasteiger partial charge is 0.478 e. The van der Waals surface area contributed by atoms with Crippen molar-refractivity contribution < 1.29 is 9.90 Å². The Hall–Kier alpha value is -2.54. The molecule has 3 rings (SSSR count). The van der Waals surface area contributed by atoms with E-state index in [0.29, 0.717) is 11.4 Å². The molecule has 0 amide bonds. The average Bonchev–Trinajstić information content (AvgIpc) is 2.94. The molecule has 0 aliphatic carbocycles. The van der Waals surface area contributed by atoms with Crippen molar-refractivity contribution in [2.24, 2.45) is 0 Å². The number of hydrogen-bond acceptors (Lipinski definition) is 4. The van der Waals surface area contributed by atoms with Crippen LogP contribution in [0.15, 0.2) is 53.5 Å². The van der Waals surface area contributed by atoms with Crippen LogP contribution in [-0.2, 0) is 0 Å². The van der Waals surface area contributed by atoms with Crippen LogP contribution >= 0.6 is 15.9 Å². The Kier molecular flexibility index (Phi) is 3.49. The predicted molar refractivity (Wildman–Crippen MR) is 79.2 cm³/mol. The van der Waals surface area contributed by atoms with Crippen LogP contribution in [0.1, 0.15) is 10.4 Å². The predicted octanol–water partition coefficient (Wildman–Crippen LogP) is 2.79. The lowest BCUT2D eigenvalue weighted by atomic mass is 10.2. The Balaban J connectivity index is 2.13. The second-order valence-electron chi connectivity index (χ2n) is 4.21. The summed E-state index contributed by atoms with van der Waals surface area (Å²) in [5.74, 6) is -1.06. The lowest BCUT2D eigenvalue weighted by molar-refractivity contribution is 0.0697. The molecule has 7 heteroatoms. The number of nitrogens with zero attached hydrogens (tertiary/aromatic N) is 4. The summed E-state index contributed by atoms with van der Waals surface area (Å²) in [7, 11) is 0. The van der Waals surface area contributed by atoms with E-state index in [4.69, 9.17) is 0 Å². The van der Waals surface area contributed by atoms with Gasteiger partial charge in [-0.15, -0.1) is 0 Å². The van der Waals surface area contributed by atoms with E-state index in [1.807, 2.05) is 24.3 Å². The monoisotopic (exact) mass is 344 g/mol. The van der Waals surface area contributed by atoms with E-state index in [1.54, 1.807) is 0 Å². The molecule has 104 valence electrons. The minimum absolute atomic E-state index is 0.0819. The maximum atomic E-state index is 11.4. The standard InChI is InChI=1S/C14H9BrN4O2/c15-9-1-3-10(4-2-9)19-8-11(14(20)21)13(18-19)12-7-16-5-6-17-12/h1-8H,(H,20,21). The normalized spacial score (nSPS) is 10.5. The minimum atomic E-state index is -1.06. The average molecular weight is 345 g/mol. The number of aromatic carboxylic acids is 1. The first kappa shape index (κ1) is 13.4. The molecule has 1 aromatic carbocycles. The summed E-state index contributed by atoms with van der Waals surface area (Å²) in [6.07, 6.45) is 5.98. The van der Waals surface area contributed by atoms with E-state index in [9.17, 15) is 9.90 Å². The molecule has 0 spiro atoms. The number of carboxylic acid groups (broad SMARTS) is 1. The molecule has 21 heavy (non-hydrogen) atoms. The van der Waals surface area contributed by atoms with E-state index >= 15 is 0 Å². The number of carbonyl (C=O) groups is 1. The van der Waals surface area contributed by atoms with Gasteiger partial charge in [0.05, 0.1) is 11.9 Å². The van der Waals surface area contributed by atoms with Gasteiger partial charge in [-0.25, -0.2) is 9.48 Å². The van der Waals surface area contributed by atoms with Gasteiger partial charge >= 0.3 is 5.97 Å². The Morgan fingerprint density at radius 2 is 1.95 bits per heavy atom. The highest BCUT2D eigenvalue weighted by molar-refractivity contribution is 9.10. The quantitative estimate of drug-likeness (QED) is 0.789. The first-order valence-corrected chi connectivity index (χ1v) is 6.80. The highest BCUT2D eigenvalue weighted by atomic mass is 79.9. The topological polar surface area (TPSA) is 80.9 Å². The van der Waals surface area contributed by atoms with Crippen molar-refractivity contribution in [1.82, 2.24) is 19.7 Å². The van der Waals surface area contributed by atoms with Crippen LogP contribution in [-0.4, -0.2) is 30.8 Å². The van der Waals surface area contributed by atoms with Gasteiger partial charge in [-0.3, -0.25) is 9.97 Å². The van der Waals surface area contributed by atoms with Crippen molar-refractivity contribution in [3.05, 3.63) is 59.1 Å². The molecule has 0 radical (unpaired) electrons. The molecule has 0 aliphatic heterocycles. The van der Waals surface area contributed by atoms with Crippen molar-refractivity contribution in [3.8, 4) is 17.1 Å². The van der Waals surface area contributed by atoms with Crippen LogP contribution in [0.25, 0.3) is 17.1 Å². The fourth-order valence-corrected chi connectivity index (χ4v) is 2.13. The lowest BCUT2D eigenvalue weighted by Crippen LogP contribution is -1.97. The number of hydrogen-bond donors (Lipinski definition) is 1. The number of carboxylic acids is 1. The molecule has 0 saturated heterocycles. The molecule has 6 nitrogen and oxygen atoms in total. The first-order valence-electron chi connectivity index (χ1n) is 6.00. The molecule has 0 atom stereocenters. The van der Waals surface area contributed by atoms with Gasteiger partial charge in [0.2, 0.25) is 0 Å². The van der Waals surface area contributed by atoms with Gasteiger partial charge in [0, 0.05) is 23.1 Å². The van der Waals surface area contributed by atoms with Crippen molar-refractivity contribution in [1.29, 1.82) is 0 Å². The van der Waals surface area contributed by atoms with Gasteiger partial charge in [-0.2, -0.15) is 5.10 Å². The van der Waals surface area contributed by atoms with Crippen molar-refractivity contribution in [2.45, 2.75) is 0 Å². The Morgan fingerprint density at radius 1 is 1.19 bits per heavy atom. The van der Waals surface area contributed by atoms with Crippen LogP contribution in [0.3, 0.4) is 0 Å². The van der Waals surface area contributed by atoms with E-state index in [-0.39, 0.29) is 5.56 Å². The Bertz CT molecular complexity index is 784. The molecule has 2 heterocycles. The minimum Gasteiger partial charge on any atom is -0.478 e. The molecule has 1 N–H and O–H groups in total. The van der Waals surface area contributed by atoms with Crippen LogP contribution in [0.4, 0.5) is 0 Å². The number of rotatable bonds is 3. The fraction of sp³-hybridized carbons (Fsp3) is 0. The zero-order valence-electron chi connectivity index (χ0n) is 10.6. The van der Waals surface area contributed by atoms with E-state index in [0.717, 1.165) is 10.2 Å². The number of halogens is 1. The second kappa shape index (κ2) is 5.45. The summed E-state index contributed by atoms with van der Waals surface area (Å²) in [4.78, 5) is 19.4. The molecule has 0 saturated carbocycles. The summed E-state index contributed by atoms with van der Waals surface area (Å²) in [5.41, 5.74) is 1.55. The van der Waals surface area contributed by atoms with Gasteiger partial charge in [0.15, 0.2) is 0 Å². The third-order valence-electron chi connectivity index (χ3n) is 2.84. The van der Waals surface area contributed by atoms with Crippen molar-refractivity contribution in [2.75, 3.05) is 0 Å². The summed E-state index contributed by atoms with van der Waals surface area (Å²) in [5, 5.41) is 13.6. The third-order valence-corrected chi connectivity index (χ3v) is 3.37. The van der Waals surface area contributed by atoms with Crippen LogP contribution in [0.2, 0.25) is 0 Å². The van der Waals surface area contributed by atoms with Gasteiger partial charge in [-0.05, 0) is 24.3 Å². The van der Waals surface area contributed by atoms with Crippen molar-refractivity contribution >= 4 is 21.9 Å². The highest BCUT2D eigenvalue weighted by Crippen LogP contribution is 2.22. The van der Waals surface area contributed by atoms with Crippen LogP contribution in [0.5, 0.6) is 0 Å². The maximum Gasteiger partial charge on any atom is 0.339 e.